The number of amides is 1. The lowest BCUT2D eigenvalue weighted by Gasteiger charge is -2.25. The molecule has 0 bridgehead atoms. The molecular weight excluding hydrogens is 287 g/mol. The highest BCUT2D eigenvalue weighted by atomic mass is 19.1. The summed E-state index contributed by atoms with van der Waals surface area (Å²) in [6, 6.07) is 6.09. The van der Waals surface area contributed by atoms with E-state index in [2.05, 4.69) is 0 Å². The molecule has 122 valence electrons. The van der Waals surface area contributed by atoms with Crippen LogP contribution in [0.4, 0.5) is 4.39 Å². The lowest BCUT2D eigenvalue weighted by atomic mass is 10.2. The normalized spacial score (nSPS) is 21.8. The van der Waals surface area contributed by atoms with E-state index in [4.69, 9.17) is 9.47 Å². The van der Waals surface area contributed by atoms with Crippen molar-refractivity contribution in [1.29, 1.82) is 0 Å². The first kappa shape index (κ1) is 16.7. The number of hydrogen-bond acceptors (Lipinski definition) is 4. The van der Waals surface area contributed by atoms with E-state index < -0.39 is 5.82 Å². The third-order valence-corrected chi connectivity index (χ3v) is 4.03. The molecule has 5 nitrogen and oxygen atoms in total. The first-order chi connectivity index (χ1) is 10.5. The molecule has 0 unspecified atom stereocenters. The Morgan fingerprint density at radius 1 is 1.45 bits per heavy atom. The summed E-state index contributed by atoms with van der Waals surface area (Å²) in [6.07, 6.45) is 0.798. The summed E-state index contributed by atoms with van der Waals surface area (Å²) in [5.74, 6) is -0.144. The van der Waals surface area contributed by atoms with Crippen molar-refractivity contribution in [3.63, 3.8) is 0 Å². The van der Waals surface area contributed by atoms with E-state index in [1.807, 2.05) is 11.9 Å². The fourth-order valence-corrected chi connectivity index (χ4v) is 2.63. The van der Waals surface area contributed by atoms with Crippen molar-refractivity contribution in [2.45, 2.75) is 18.6 Å². The van der Waals surface area contributed by atoms with Gasteiger partial charge < -0.3 is 14.4 Å². The quantitative estimate of drug-likeness (QED) is 0.796. The maximum atomic E-state index is 13.4. The highest BCUT2D eigenvalue weighted by Gasteiger charge is 2.35. The molecule has 1 aromatic carbocycles. The third-order valence-electron chi connectivity index (χ3n) is 4.03. The average Bonchev–Trinajstić information content (AvgIpc) is 2.89. The Morgan fingerprint density at radius 2 is 2.18 bits per heavy atom. The van der Waals surface area contributed by atoms with E-state index in [1.54, 1.807) is 37.3 Å². The number of halogens is 1. The molecule has 1 heterocycles. The van der Waals surface area contributed by atoms with Crippen LogP contribution in [-0.4, -0.2) is 68.8 Å². The topological polar surface area (TPSA) is 42.0 Å². The van der Waals surface area contributed by atoms with E-state index in [-0.39, 0.29) is 30.4 Å². The van der Waals surface area contributed by atoms with Gasteiger partial charge in [0.1, 0.15) is 6.61 Å². The second-order valence-corrected chi connectivity index (χ2v) is 5.59. The summed E-state index contributed by atoms with van der Waals surface area (Å²) in [4.78, 5) is 16.1. The number of rotatable bonds is 6. The van der Waals surface area contributed by atoms with E-state index >= 15 is 0 Å². The molecule has 1 aromatic rings. The molecule has 1 aliphatic heterocycles. The lowest BCUT2D eigenvalue weighted by Crippen LogP contribution is -2.43. The van der Waals surface area contributed by atoms with Crippen molar-refractivity contribution in [2.75, 3.05) is 40.9 Å². The van der Waals surface area contributed by atoms with Crippen LogP contribution in [0.25, 0.3) is 0 Å². The smallest absolute Gasteiger partial charge is 0.239 e. The van der Waals surface area contributed by atoms with Gasteiger partial charge in [-0.15, -0.1) is 0 Å². The number of carbonyl (C=O) groups excluding carboxylic acids is 1. The Labute approximate surface area is 130 Å². The number of benzene rings is 1. The van der Waals surface area contributed by atoms with E-state index in [0.717, 1.165) is 6.54 Å². The number of ether oxygens (including phenoxy) is 2. The van der Waals surface area contributed by atoms with Crippen molar-refractivity contribution in [3.05, 3.63) is 30.1 Å². The van der Waals surface area contributed by atoms with Gasteiger partial charge in [-0.2, -0.15) is 0 Å². The largest absolute Gasteiger partial charge is 0.489 e. The molecule has 1 saturated heterocycles. The Kier molecular flexibility index (Phi) is 5.74. The van der Waals surface area contributed by atoms with Crippen molar-refractivity contribution in [2.24, 2.45) is 0 Å². The Morgan fingerprint density at radius 3 is 2.82 bits per heavy atom. The predicted molar refractivity (Wildman–Crippen MR) is 81.4 cm³/mol. The van der Waals surface area contributed by atoms with Crippen LogP contribution in [0.2, 0.25) is 0 Å². The molecule has 6 heteroatoms. The Balaban J connectivity index is 1.81. The molecule has 0 aromatic heterocycles. The SMILES string of the molecule is CO[C@H]1C[C@@H](C(=O)N(C)CCOc2ccccc2F)N(C)C1. The molecule has 0 spiro atoms. The lowest BCUT2D eigenvalue weighted by molar-refractivity contribution is -0.134. The van der Waals surface area contributed by atoms with Crippen LogP contribution < -0.4 is 4.74 Å². The standard InChI is InChI=1S/C16H23FN2O3/c1-18(8-9-22-15-7-5-4-6-13(15)17)16(20)14-10-12(21-3)11-19(14)2/h4-7,12,14H,8-11H2,1-3H3/t12-,14-/m0/s1. The van der Waals surface area contributed by atoms with Crippen LogP contribution in [0.15, 0.2) is 24.3 Å². The van der Waals surface area contributed by atoms with Crippen molar-refractivity contribution >= 4 is 5.91 Å². The van der Waals surface area contributed by atoms with Gasteiger partial charge in [-0.1, -0.05) is 12.1 Å². The summed E-state index contributed by atoms with van der Waals surface area (Å²) in [5, 5.41) is 0. The summed E-state index contributed by atoms with van der Waals surface area (Å²) in [7, 11) is 5.32. The number of likely N-dealkylation sites (N-methyl/N-ethyl adjacent to an activating group) is 2. The maximum Gasteiger partial charge on any atom is 0.239 e. The van der Waals surface area contributed by atoms with Crippen molar-refractivity contribution in [1.82, 2.24) is 9.80 Å². The molecule has 1 fully saturated rings. The van der Waals surface area contributed by atoms with Gasteiger partial charge in [0.05, 0.1) is 18.7 Å². The van der Waals surface area contributed by atoms with Crippen LogP contribution >= 0.6 is 0 Å². The number of carbonyl (C=O) groups is 1. The molecule has 2 atom stereocenters. The van der Waals surface area contributed by atoms with Gasteiger partial charge >= 0.3 is 0 Å². The van der Waals surface area contributed by atoms with E-state index in [9.17, 15) is 9.18 Å². The summed E-state index contributed by atoms with van der Waals surface area (Å²) in [6.45, 7) is 1.43. The summed E-state index contributed by atoms with van der Waals surface area (Å²) < 4.78 is 24.1. The molecule has 1 amide bonds. The van der Waals surface area contributed by atoms with Gasteiger partial charge in [-0.3, -0.25) is 9.69 Å². The number of para-hydroxylation sites is 1. The molecule has 0 N–H and O–H groups in total. The fraction of sp³-hybridized carbons (Fsp3) is 0.562. The molecule has 22 heavy (non-hydrogen) atoms. The first-order valence-electron chi connectivity index (χ1n) is 7.38. The number of likely N-dealkylation sites (tertiary alicyclic amines) is 1. The summed E-state index contributed by atoms with van der Waals surface area (Å²) in [5.41, 5.74) is 0. The molecule has 2 rings (SSSR count). The minimum atomic E-state index is -0.394. The molecule has 0 radical (unpaired) electrons. The number of methoxy groups -OCH3 is 1. The molecule has 0 aliphatic carbocycles. The number of hydrogen-bond donors (Lipinski definition) is 0. The van der Waals surface area contributed by atoms with Gasteiger partial charge in [-0.05, 0) is 25.6 Å². The van der Waals surface area contributed by atoms with E-state index in [0.29, 0.717) is 13.0 Å². The highest BCUT2D eigenvalue weighted by molar-refractivity contribution is 5.82. The second kappa shape index (κ2) is 7.56. The highest BCUT2D eigenvalue weighted by Crippen LogP contribution is 2.20. The Bertz CT molecular complexity index is 512. The monoisotopic (exact) mass is 310 g/mol. The van der Waals surface area contributed by atoms with Crippen LogP contribution in [-0.2, 0) is 9.53 Å². The zero-order valence-corrected chi connectivity index (χ0v) is 13.3. The minimum Gasteiger partial charge on any atom is -0.489 e. The van der Waals surface area contributed by atoms with Gasteiger partial charge in [0, 0.05) is 20.7 Å². The van der Waals surface area contributed by atoms with E-state index in [1.165, 1.54) is 6.07 Å². The first-order valence-corrected chi connectivity index (χ1v) is 7.38. The molecule has 0 saturated carbocycles. The average molecular weight is 310 g/mol. The van der Waals surface area contributed by atoms with Gasteiger partial charge in [0.25, 0.3) is 0 Å². The van der Waals surface area contributed by atoms with Crippen LogP contribution in [0.1, 0.15) is 6.42 Å². The summed E-state index contributed by atoms with van der Waals surface area (Å²) >= 11 is 0. The van der Waals surface area contributed by atoms with Crippen LogP contribution in [0, 0.1) is 5.82 Å². The zero-order valence-electron chi connectivity index (χ0n) is 13.3. The van der Waals surface area contributed by atoms with Gasteiger partial charge in [-0.25, -0.2) is 4.39 Å². The second-order valence-electron chi connectivity index (χ2n) is 5.59. The fourth-order valence-electron chi connectivity index (χ4n) is 2.63. The van der Waals surface area contributed by atoms with Crippen molar-refractivity contribution < 1.29 is 18.7 Å². The van der Waals surface area contributed by atoms with Crippen LogP contribution in [0.3, 0.4) is 0 Å². The molecule has 1 aliphatic rings. The Hall–Kier alpha value is -1.66. The third kappa shape index (κ3) is 3.96. The van der Waals surface area contributed by atoms with Crippen LogP contribution in [0.5, 0.6) is 5.75 Å². The maximum absolute atomic E-state index is 13.4. The molecular formula is C16H23FN2O3. The van der Waals surface area contributed by atoms with Gasteiger partial charge in [0.2, 0.25) is 5.91 Å². The van der Waals surface area contributed by atoms with Crippen molar-refractivity contribution in [3.8, 4) is 5.75 Å². The minimum absolute atomic E-state index is 0.0409. The number of nitrogens with zero attached hydrogens (tertiary/aromatic N) is 2. The zero-order chi connectivity index (χ0) is 16.1. The van der Waals surface area contributed by atoms with Gasteiger partial charge in [0.15, 0.2) is 11.6 Å². The predicted octanol–water partition coefficient (Wildman–Crippen LogP) is 1.38.